The van der Waals surface area contributed by atoms with Gasteiger partial charge in [-0.05, 0) is 29.7 Å². The number of hydrogen-bond acceptors (Lipinski definition) is 1. The molecule has 0 fully saturated rings. The molecule has 5 rings (SSSR count). The van der Waals surface area contributed by atoms with Gasteiger partial charge in [-0.15, -0.1) is 0 Å². The Hall–Kier alpha value is -2.55. The molecule has 3 nitrogen and oxygen atoms in total. The number of aromatic nitrogens is 2. The molecule has 0 radical (unpaired) electrons. The number of nitrogens with zero attached hydrogens (tertiary/aromatic N) is 2. The Morgan fingerprint density at radius 1 is 0.913 bits per heavy atom. The van der Waals surface area contributed by atoms with Gasteiger partial charge in [0.05, 0.1) is 5.52 Å². The number of benzene rings is 2. The monoisotopic (exact) mass is 340 g/mol. The van der Waals surface area contributed by atoms with Gasteiger partial charge in [-0.3, -0.25) is 0 Å². The van der Waals surface area contributed by atoms with Crippen molar-refractivity contribution in [3.05, 3.63) is 79.1 Å². The van der Waals surface area contributed by atoms with Crippen LogP contribution in [-0.2, 0) is 16.0 Å². The number of aromatic amines is 1. The van der Waals surface area contributed by atoms with E-state index in [2.05, 4.69) is 97.4 Å². The van der Waals surface area contributed by atoms with Crippen LogP contribution in [0.4, 0.5) is 0 Å². The second kappa shape index (κ2) is 5.92. The van der Waals surface area contributed by atoms with Crippen molar-refractivity contribution < 1.29 is 16.0 Å². The first-order valence-electron chi connectivity index (χ1n) is 7.34. The number of aliphatic imine (C=N–C) groups is 1. The van der Waals surface area contributed by atoms with Crippen LogP contribution in [0.3, 0.4) is 0 Å². The summed E-state index contributed by atoms with van der Waals surface area (Å²) in [5.41, 5.74) is 2.40. The van der Waals surface area contributed by atoms with E-state index in [0.29, 0.717) is 0 Å². The van der Waals surface area contributed by atoms with Gasteiger partial charge >= 0.3 is 37.9 Å². The zero-order valence-corrected chi connectivity index (χ0v) is 13.4. The molecule has 0 bridgehead atoms. The van der Waals surface area contributed by atoms with Gasteiger partial charge in [0.2, 0.25) is 0 Å². The Morgan fingerprint density at radius 3 is 2.30 bits per heavy atom. The SMILES string of the molecule is [Fe][C]1=NC=C1.c1ccc2[nH]c(-n3ccc4ccccc43)cc2c1. The second-order valence-electron chi connectivity index (χ2n) is 5.24. The molecule has 0 unspecified atom stereocenters. The Kier molecular flexibility index (Phi) is 3.62. The van der Waals surface area contributed by atoms with Crippen molar-refractivity contribution in [2.75, 3.05) is 0 Å². The van der Waals surface area contributed by atoms with Crippen molar-refractivity contribution >= 4 is 26.4 Å². The molecular formula is C19H14FeN3. The van der Waals surface area contributed by atoms with Crippen LogP contribution in [0.1, 0.15) is 0 Å². The van der Waals surface area contributed by atoms with Gasteiger partial charge < -0.3 is 9.55 Å². The molecule has 0 spiro atoms. The predicted octanol–water partition coefficient (Wildman–Crippen LogP) is 4.57. The number of allylic oxidation sites excluding steroid dienone is 1. The summed E-state index contributed by atoms with van der Waals surface area (Å²) in [5.74, 6) is 1.11. The quantitative estimate of drug-likeness (QED) is 0.493. The standard InChI is InChI=1S/C16H12N2.C3H2N.Fe/c1-3-7-14-13(6-1)11-16(17-14)18-10-9-12-5-2-4-8-15(12)18;1-2-4-3-1;/h1-11,17H;1-2H;. The molecule has 0 aliphatic carbocycles. The average Bonchev–Trinajstić information content (AvgIpc) is 3.16. The van der Waals surface area contributed by atoms with Gasteiger partial charge in [0.15, 0.2) is 0 Å². The number of fused-ring (bicyclic) bond motifs is 2. The van der Waals surface area contributed by atoms with Gasteiger partial charge in [-0.1, -0.05) is 36.4 Å². The number of nitrogens with one attached hydrogen (secondary N) is 1. The van der Waals surface area contributed by atoms with E-state index in [1.807, 2.05) is 6.08 Å². The molecule has 0 saturated carbocycles. The van der Waals surface area contributed by atoms with Crippen LogP contribution in [0.15, 0.2) is 84.1 Å². The first-order chi connectivity index (χ1) is 11.3. The Bertz CT molecular complexity index is 1000. The summed E-state index contributed by atoms with van der Waals surface area (Å²) in [6, 6.07) is 21.1. The van der Waals surface area contributed by atoms with Crippen LogP contribution < -0.4 is 0 Å². The van der Waals surface area contributed by atoms with Gasteiger partial charge in [0.25, 0.3) is 0 Å². The van der Waals surface area contributed by atoms with Crippen molar-refractivity contribution in [3.8, 4) is 5.82 Å². The Labute approximate surface area is 142 Å². The average molecular weight is 340 g/mol. The maximum atomic E-state index is 3.69. The molecule has 4 heteroatoms. The van der Waals surface area contributed by atoms with E-state index in [1.165, 1.54) is 21.8 Å². The fourth-order valence-electron chi connectivity index (χ4n) is 2.61. The van der Waals surface area contributed by atoms with Crippen molar-refractivity contribution in [3.63, 3.8) is 0 Å². The van der Waals surface area contributed by atoms with E-state index in [4.69, 9.17) is 0 Å². The number of rotatable bonds is 1. The maximum absolute atomic E-state index is 3.69. The van der Waals surface area contributed by atoms with Crippen LogP contribution >= 0.6 is 0 Å². The molecule has 4 aromatic rings. The fourth-order valence-corrected chi connectivity index (χ4v) is 2.77. The minimum atomic E-state index is 0.880. The molecular weight excluding hydrogens is 326 g/mol. The van der Waals surface area contributed by atoms with E-state index in [1.54, 1.807) is 6.20 Å². The summed E-state index contributed by atoms with van der Waals surface area (Å²) in [5, 5.41) is 2.50. The largest absolute Gasteiger partial charge is 0.341 e. The van der Waals surface area contributed by atoms with Crippen molar-refractivity contribution in [2.24, 2.45) is 4.99 Å². The molecule has 1 aliphatic rings. The fraction of sp³-hybridized carbons (Fsp3) is 0. The van der Waals surface area contributed by atoms with Gasteiger partial charge in [0.1, 0.15) is 5.82 Å². The van der Waals surface area contributed by atoms with Crippen LogP contribution in [0, 0.1) is 0 Å². The van der Waals surface area contributed by atoms with Gasteiger partial charge in [-0.2, -0.15) is 0 Å². The zero-order valence-electron chi connectivity index (χ0n) is 12.3. The summed E-state index contributed by atoms with van der Waals surface area (Å²) in [4.78, 5) is 7.15. The van der Waals surface area contributed by atoms with Crippen molar-refractivity contribution in [1.82, 2.24) is 9.55 Å². The van der Waals surface area contributed by atoms with Crippen LogP contribution in [0.25, 0.3) is 27.6 Å². The number of para-hydroxylation sites is 2. The summed E-state index contributed by atoms with van der Waals surface area (Å²) in [6.07, 6.45) is 5.69. The third-order valence-corrected chi connectivity index (χ3v) is 4.10. The molecule has 1 N–H and O–H groups in total. The summed E-state index contributed by atoms with van der Waals surface area (Å²) in [6.45, 7) is 0. The Balaban J connectivity index is 0.000000233. The minimum absolute atomic E-state index is 0.880. The maximum Gasteiger partial charge on any atom is 0.115 e. The van der Waals surface area contributed by atoms with Crippen LogP contribution in [-0.4, -0.2) is 14.2 Å². The third-order valence-electron chi connectivity index (χ3n) is 3.78. The summed E-state index contributed by atoms with van der Waals surface area (Å²) in [7, 11) is 0. The molecule has 2 aromatic carbocycles. The first kappa shape index (κ1) is 14.1. The van der Waals surface area contributed by atoms with Gasteiger partial charge in [0, 0.05) is 17.1 Å². The third kappa shape index (κ3) is 2.74. The molecule has 0 amide bonds. The first-order valence-corrected chi connectivity index (χ1v) is 7.89. The van der Waals surface area contributed by atoms with E-state index in [0.717, 1.165) is 10.4 Å². The minimum Gasteiger partial charge on any atom is -0.341 e. The molecule has 0 saturated heterocycles. The second-order valence-corrected chi connectivity index (χ2v) is 5.81. The van der Waals surface area contributed by atoms with Gasteiger partial charge in [-0.25, -0.2) is 0 Å². The Morgan fingerprint density at radius 2 is 1.61 bits per heavy atom. The normalized spacial score (nSPS) is 12.7. The molecule has 113 valence electrons. The van der Waals surface area contributed by atoms with E-state index < -0.39 is 0 Å². The van der Waals surface area contributed by atoms with Crippen molar-refractivity contribution in [2.45, 2.75) is 0 Å². The molecule has 2 aromatic heterocycles. The summed E-state index contributed by atoms with van der Waals surface area (Å²) >= 11 is 3.51. The predicted molar refractivity (Wildman–Crippen MR) is 91.7 cm³/mol. The van der Waals surface area contributed by atoms with Crippen LogP contribution in [0.2, 0.25) is 0 Å². The van der Waals surface area contributed by atoms with E-state index in [9.17, 15) is 0 Å². The molecule has 23 heavy (non-hydrogen) atoms. The molecule has 0 atom stereocenters. The zero-order chi connectivity index (χ0) is 15.6. The van der Waals surface area contributed by atoms with Crippen molar-refractivity contribution in [1.29, 1.82) is 0 Å². The van der Waals surface area contributed by atoms with E-state index in [-0.39, 0.29) is 0 Å². The van der Waals surface area contributed by atoms with Crippen LogP contribution in [0.5, 0.6) is 0 Å². The number of hydrogen-bond donors (Lipinski definition) is 1. The smallest absolute Gasteiger partial charge is 0.115 e. The van der Waals surface area contributed by atoms with E-state index >= 15 is 0 Å². The molecule has 1 aliphatic heterocycles. The topological polar surface area (TPSA) is 33.1 Å². The number of H-pyrrole nitrogens is 1. The molecule has 3 heterocycles. The summed E-state index contributed by atoms with van der Waals surface area (Å²) < 4.78 is 3.07.